The van der Waals surface area contributed by atoms with E-state index in [9.17, 15) is 54.6 Å². The number of carboxylic acids is 1. The normalized spacial score (nSPS) is 29.4. The van der Waals surface area contributed by atoms with Crippen LogP contribution in [0.25, 0.3) is 21.7 Å². The van der Waals surface area contributed by atoms with Crippen molar-refractivity contribution < 1.29 is 77.9 Å². The highest BCUT2D eigenvalue weighted by Crippen LogP contribution is 2.56. The molecule has 5 aliphatic heterocycles. The number of nitrogens with one attached hydrogen (secondary N) is 2. The number of phenolic OH excluding ortho intramolecular Hbond substituents is 3. The maximum absolute atomic E-state index is 16.3. The molecule has 0 radical (unpaired) electrons. The van der Waals surface area contributed by atoms with Crippen molar-refractivity contribution in [2.75, 3.05) is 50.6 Å². The molecule has 1 unspecified atom stereocenters. The number of rotatable bonds is 11. The maximum atomic E-state index is 16.3. The number of hydrogen-bond donors (Lipinski definition) is 8. The number of benzene rings is 3. The molecule has 22 nitrogen and oxygen atoms in total. The van der Waals surface area contributed by atoms with E-state index in [1.807, 2.05) is 4.90 Å². The number of esters is 1. The number of phenols is 3. The molecule has 1 amide bonds. The number of aromatic carboxylic acids is 1. The van der Waals surface area contributed by atoms with E-state index in [-0.39, 0.29) is 84.8 Å². The summed E-state index contributed by atoms with van der Waals surface area (Å²) in [5.41, 5.74) is -1.36. The number of hydrazone groups is 1. The minimum absolute atomic E-state index is 0.0157. The monoisotopic (exact) mass is 1210 g/mol. The Morgan fingerprint density at radius 3 is 2.24 bits per heavy atom. The smallest absolute Gasteiger partial charge is 0.341 e. The summed E-state index contributed by atoms with van der Waals surface area (Å²) in [4.78, 5) is 68.8. The zero-order chi connectivity index (χ0) is 62.9. The summed E-state index contributed by atoms with van der Waals surface area (Å²) < 4.78 is 47.9. The largest absolute Gasteiger partial charge is 0.507 e. The van der Waals surface area contributed by atoms with E-state index in [0.717, 1.165) is 38.2 Å². The van der Waals surface area contributed by atoms with Crippen molar-refractivity contribution in [2.24, 2.45) is 34.7 Å². The Morgan fingerprint density at radius 2 is 1.61 bits per heavy atom. The number of anilines is 2. The van der Waals surface area contributed by atoms with Crippen molar-refractivity contribution in [3.8, 4) is 28.7 Å². The fourth-order valence-corrected chi connectivity index (χ4v) is 13.5. The van der Waals surface area contributed by atoms with Crippen LogP contribution in [0.5, 0.6) is 28.7 Å². The highest BCUT2D eigenvalue weighted by atomic mass is 19.1. The third-order valence-corrected chi connectivity index (χ3v) is 19.0. The van der Waals surface area contributed by atoms with Crippen LogP contribution in [0.15, 0.2) is 58.3 Å². The molecule has 1 aromatic heterocycles. The van der Waals surface area contributed by atoms with Crippen molar-refractivity contribution in [3.05, 3.63) is 86.7 Å². The maximum Gasteiger partial charge on any atom is 0.341 e. The first-order chi connectivity index (χ1) is 41.3. The van der Waals surface area contributed by atoms with Gasteiger partial charge in [0.05, 0.1) is 71.0 Å². The molecule has 4 aromatic rings. The molecular weight excluding hydrogens is 1130 g/mol. The summed E-state index contributed by atoms with van der Waals surface area (Å²) in [5.74, 6) is -10.6. The average molecular weight is 1210 g/mol. The molecule has 8 N–H and O–H groups in total. The Labute approximate surface area is 502 Å². The van der Waals surface area contributed by atoms with E-state index >= 15 is 4.39 Å². The number of fused-ring (bicyclic) bond motifs is 15. The van der Waals surface area contributed by atoms with Gasteiger partial charge in [-0.2, -0.15) is 5.10 Å². The van der Waals surface area contributed by atoms with Crippen molar-refractivity contribution in [1.29, 1.82) is 0 Å². The second-order valence-electron chi connectivity index (χ2n) is 24.8. The number of carbonyl (C=O) groups excluding carboxylic acids is 3. The predicted octanol–water partition coefficient (Wildman–Crippen LogP) is 7.70. The van der Waals surface area contributed by atoms with Gasteiger partial charge in [0.2, 0.25) is 5.43 Å². The van der Waals surface area contributed by atoms with Crippen LogP contribution >= 0.6 is 0 Å². The molecule has 23 heteroatoms. The van der Waals surface area contributed by atoms with Crippen molar-refractivity contribution in [2.45, 2.75) is 148 Å². The molecule has 0 spiro atoms. The third-order valence-electron chi connectivity index (χ3n) is 19.0. The summed E-state index contributed by atoms with van der Waals surface area (Å²) in [7, 11) is 2.86. The van der Waals surface area contributed by atoms with Crippen LogP contribution in [0.2, 0.25) is 0 Å². The van der Waals surface area contributed by atoms with Crippen LogP contribution in [0.1, 0.15) is 131 Å². The number of ketones is 1. The number of aromatic hydroxyl groups is 3. The van der Waals surface area contributed by atoms with E-state index in [0.29, 0.717) is 44.5 Å². The van der Waals surface area contributed by atoms with Gasteiger partial charge in [-0.25, -0.2) is 9.18 Å². The molecule has 6 heterocycles. The number of piperidine rings is 1. The Morgan fingerprint density at radius 1 is 0.908 bits per heavy atom. The van der Waals surface area contributed by atoms with Gasteiger partial charge in [-0.3, -0.25) is 24.2 Å². The van der Waals surface area contributed by atoms with Crippen molar-refractivity contribution >= 4 is 62.9 Å². The molecule has 2 saturated carbocycles. The van der Waals surface area contributed by atoms with E-state index in [1.54, 1.807) is 49.4 Å². The van der Waals surface area contributed by atoms with Crippen LogP contribution in [0, 0.1) is 42.3 Å². The molecule has 2 aliphatic carbocycles. The second kappa shape index (κ2) is 24.1. The summed E-state index contributed by atoms with van der Waals surface area (Å²) in [6.45, 7) is 14.4. The van der Waals surface area contributed by atoms with Gasteiger partial charge in [-0.15, -0.1) is 0 Å². The number of hydrogen-bond acceptors (Lipinski definition) is 19. The molecule has 4 fully saturated rings. The standard InChI is InChI=1S/C64H79FN6O16/c1-30-12-11-13-31(2)61(80)67-48-41(55(77)45-46(56(48)78)53(75)35(6)58-47(45)60(79)63(8,87-58)85-25-19-44(83-9)32(3)57(86-36(7)72)34(5)52(74)33(4)51(30)73)27-66-70-23-17-38(18-24-70)68-64(20-21-64)37-16-22-69(28-37)50-43(65)26-40-49(59(50)84-10)71(39-14-15-39)29-42(54(40)76)62(81)82/h11-13,19,25-27,29-30,32-34,37-39,44,51-52,57,68,73-75,77-78H,14-18,20-24,28H2,1-10H3,(H,67,80)(H,81,82)/b12-11+,25-19+,31-13-,66-27+/t30-,32-,33-,34-,37?,44+,51+,52-,57-,63+/m1/s1. The highest BCUT2D eigenvalue weighted by molar-refractivity contribution is 6.24. The Balaban J connectivity index is 0.924. The highest BCUT2D eigenvalue weighted by Gasteiger charge is 2.53. The number of aliphatic hydroxyl groups is 2. The zero-order valence-corrected chi connectivity index (χ0v) is 50.7. The van der Waals surface area contributed by atoms with Crippen molar-refractivity contribution in [1.82, 2.24) is 14.9 Å². The number of carbonyl (C=O) groups is 4. The van der Waals surface area contributed by atoms with E-state index < -0.39 is 112 Å². The van der Waals surface area contributed by atoms with Gasteiger partial charge in [0, 0.05) is 111 Å². The van der Waals surface area contributed by atoms with Crippen molar-refractivity contribution in [3.63, 3.8) is 0 Å². The first-order valence-corrected chi connectivity index (χ1v) is 29.8. The lowest BCUT2D eigenvalue weighted by molar-refractivity contribution is -0.160. The molecule has 10 atom stereocenters. The zero-order valence-electron chi connectivity index (χ0n) is 50.7. The molecule has 468 valence electrons. The number of aromatic nitrogens is 1. The number of halogens is 1. The molecule has 7 aliphatic rings. The first kappa shape index (κ1) is 62.3. The summed E-state index contributed by atoms with van der Waals surface area (Å²) in [6, 6.07) is 1.19. The number of ether oxygens (including phenoxy) is 5. The van der Waals surface area contributed by atoms with Crippen LogP contribution in [0.4, 0.5) is 15.8 Å². The van der Waals surface area contributed by atoms with Gasteiger partial charge in [-0.05, 0) is 76.9 Å². The van der Waals surface area contributed by atoms with Gasteiger partial charge < -0.3 is 74.4 Å². The second-order valence-corrected chi connectivity index (χ2v) is 24.8. The van der Waals surface area contributed by atoms with E-state index in [1.165, 1.54) is 72.7 Å². The number of nitrogens with zero attached hydrogens (tertiary/aromatic N) is 4. The summed E-state index contributed by atoms with van der Waals surface area (Å²) in [6.07, 6.45) is 11.4. The molecule has 5 bridgehead atoms. The van der Waals surface area contributed by atoms with Gasteiger partial charge in [0.1, 0.15) is 34.6 Å². The average Bonchev–Trinajstić information content (AvgIpc) is 1.83. The number of aliphatic hydroxyl groups excluding tert-OH is 2. The Bertz CT molecular complexity index is 3620. The number of methoxy groups -OCH3 is 2. The lowest BCUT2D eigenvalue weighted by Crippen LogP contribution is -2.49. The van der Waals surface area contributed by atoms with E-state index in [2.05, 4.69) is 10.6 Å². The first-order valence-electron chi connectivity index (χ1n) is 29.8. The Hall–Kier alpha value is -7.73. The van der Waals surface area contributed by atoms with Crippen LogP contribution in [0.3, 0.4) is 0 Å². The molecule has 11 rings (SSSR count). The summed E-state index contributed by atoms with van der Waals surface area (Å²) >= 11 is 0. The lowest BCUT2D eigenvalue weighted by Gasteiger charge is -2.38. The number of pyridine rings is 1. The van der Waals surface area contributed by atoms with Gasteiger partial charge in [0.15, 0.2) is 17.3 Å². The van der Waals surface area contributed by atoms with E-state index in [4.69, 9.17) is 28.8 Å². The number of Topliss-reactive ketones (excluding diaryl/α,β-unsaturated/α-hetero) is 1. The van der Waals surface area contributed by atoms with Gasteiger partial charge in [-0.1, -0.05) is 45.9 Å². The number of allylic oxidation sites excluding steroid dienone is 2. The van der Waals surface area contributed by atoms with Crippen LogP contribution < -0.4 is 30.4 Å². The predicted molar refractivity (Wildman–Crippen MR) is 321 cm³/mol. The lowest BCUT2D eigenvalue weighted by atomic mass is 9.78. The Kier molecular flexibility index (Phi) is 17.3. The molecular formula is C64H79FN6O16. The van der Waals surface area contributed by atoms with Crippen LogP contribution in [-0.2, 0) is 23.8 Å². The summed E-state index contributed by atoms with van der Waals surface area (Å²) in [5, 5.41) is 82.2. The fourth-order valence-electron chi connectivity index (χ4n) is 13.5. The molecule has 3 aromatic carbocycles. The number of amides is 1. The SMILES string of the molecule is COc1c(N2CCC(C3(NC4CCN(/N=C/c5c6c(O)c7c(O)c(C)c8c(c7c5O)C(=O)[C@@](C)(O/C=C/[C@H](OC)[C@@H](C)[C@@H](OC(C)=O)[C@H](C)[C@H](O)[C@H](C)[C@@H](O)[C@H](C)/C=C/C=C(/C)C(=O)N6)O8)CC4)CC3)C2)c(F)cc2c(=O)c(C(=O)O)cn(C3CC3)c12. The molecule has 87 heavy (non-hydrogen) atoms. The van der Waals surface area contributed by atoms with Gasteiger partial charge >= 0.3 is 17.7 Å². The fraction of sp³-hybridized carbons (Fsp3) is 0.531. The number of carboxylic acid groups (broad SMARTS) is 1. The minimum atomic E-state index is -2.11. The van der Waals surface area contributed by atoms with Crippen LogP contribution in [-0.4, -0.2) is 152 Å². The van der Waals surface area contributed by atoms with Gasteiger partial charge in [0.25, 0.3) is 11.7 Å². The topological polar surface area (TPSA) is 301 Å². The quantitative estimate of drug-likeness (QED) is 0.0309. The minimum Gasteiger partial charge on any atom is -0.507 e. The third kappa shape index (κ3) is 11.5. The molecule has 2 saturated heterocycles.